The van der Waals surface area contributed by atoms with E-state index < -0.39 is 35.0 Å². The highest BCUT2D eigenvalue weighted by molar-refractivity contribution is 6.30. The SMILES string of the molecule is CCC(C(=O)OC(C)(C)C)N1C(=O)C(C)(CC(N)=O)CC(c2cccc(Cl)c2)C1c1ccc(Cl)cc1. The van der Waals surface area contributed by atoms with Gasteiger partial charge >= 0.3 is 5.97 Å². The summed E-state index contributed by atoms with van der Waals surface area (Å²) < 4.78 is 5.74. The maximum atomic E-state index is 14.2. The molecule has 0 saturated carbocycles. The molecule has 0 aromatic heterocycles. The first-order chi connectivity index (χ1) is 16.8. The lowest BCUT2D eigenvalue weighted by molar-refractivity contribution is -0.174. The van der Waals surface area contributed by atoms with Crippen LogP contribution in [0.2, 0.25) is 10.0 Å². The van der Waals surface area contributed by atoms with Gasteiger partial charge in [-0.2, -0.15) is 0 Å². The Morgan fingerprint density at radius 3 is 2.28 bits per heavy atom. The van der Waals surface area contributed by atoms with E-state index in [1.807, 2.05) is 37.3 Å². The van der Waals surface area contributed by atoms with Gasteiger partial charge in [-0.25, -0.2) is 4.79 Å². The van der Waals surface area contributed by atoms with E-state index in [9.17, 15) is 14.4 Å². The van der Waals surface area contributed by atoms with Crippen molar-refractivity contribution in [1.29, 1.82) is 0 Å². The Bertz CT molecular complexity index is 1130. The summed E-state index contributed by atoms with van der Waals surface area (Å²) in [5.74, 6) is -1.66. The van der Waals surface area contributed by atoms with Crippen LogP contribution in [-0.2, 0) is 19.1 Å². The maximum absolute atomic E-state index is 14.2. The molecule has 4 unspecified atom stereocenters. The highest BCUT2D eigenvalue weighted by Crippen LogP contribution is 2.52. The molecule has 1 aliphatic heterocycles. The smallest absolute Gasteiger partial charge is 0.329 e. The molecule has 194 valence electrons. The van der Waals surface area contributed by atoms with Crippen LogP contribution in [0.4, 0.5) is 0 Å². The first kappa shape index (κ1) is 28.0. The van der Waals surface area contributed by atoms with E-state index in [0.29, 0.717) is 22.9 Å². The van der Waals surface area contributed by atoms with Crippen molar-refractivity contribution in [2.75, 3.05) is 0 Å². The summed E-state index contributed by atoms with van der Waals surface area (Å²) in [5.41, 5.74) is 5.47. The summed E-state index contributed by atoms with van der Waals surface area (Å²) in [6.45, 7) is 8.95. The predicted octanol–water partition coefficient (Wildman–Crippen LogP) is 6.05. The van der Waals surface area contributed by atoms with Gasteiger partial charge in [0.1, 0.15) is 11.6 Å². The van der Waals surface area contributed by atoms with Crippen molar-refractivity contribution in [1.82, 2.24) is 4.90 Å². The number of likely N-dealkylation sites (tertiary alicyclic amines) is 1. The number of hydrogen-bond donors (Lipinski definition) is 1. The molecule has 2 N–H and O–H groups in total. The molecular formula is C28H34Cl2N2O4. The van der Waals surface area contributed by atoms with Crippen molar-refractivity contribution in [3.8, 4) is 0 Å². The monoisotopic (exact) mass is 532 g/mol. The Balaban J connectivity index is 2.25. The Morgan fingerprint density at radius 1 is 1.11 bits per heavy atom. The lowest BCUT2D eigenvalue weighted by Crippen LogP contribution is -2.58. The van der Waals surface area contributed by atoms with Gasteiger partial charge in [0.2, 0.25) is 11.8 Å². The number of nitrogens with zero attached hydrogens (tertiary/aromatic N) is 1. The Morgan fingerprint density at radius 2 is 1.75 bits per heavy atom. The standard InChI is InChI=1S/C28H34Cl2N2O4/c1-6-22(25(34)36-27(2,3)4)32-24(17-10-12-19(29)13-11-17)21(18-8-7-9-20(30)14-18)15-28(5,26(32)35)16-23(31)33/h7-14,21-22,24H,6,15-16H2,1-5H3,(H2,31,33). The average Bonchev–Trinajstić information content (AvgIpc) is 2.76. The third-order valence-electron chi connectivity index (χ3n) is 6.56. The lowest BCUT2D eigenvalue weighted by Gasteiger charge is -2.51. The molecule has 2 amide bonds. The van der Waals surface area contributed by atoms with Gasteiger partial charge in [-0.15, -0.1) is 0 Å². The number of ether oxygens (including phenoxy) is 1. The molecule has 2 aromatic carbocycles. The van der Waals surface area contributed by atoms with Gasteiger partial charge in [-0.3, -0.25) is 9.59 Å². The van der Waals surface area contributed by atoms with Crippen molar-refractivity contribution >= 4 is 41.0 Å². The largest absolute Gasteiger partial charge is 0.458 e. The van der Waals surface area contributed by atoms with Crippen molar-refractivity contribution in [2.24, 2.45) is 11.1 Å². The molecule has 6 nitrogen and oxygen atoms in total. The molecule has 1 aliphatic rings. The normalized spacial score (nSPS) is 23.3. The van der Waals surface area contributed by atoms with Crippen LogP contribution in [0.25, 0.3) is 0 Å². The van der Waals surface area contributed by atoms with E-state index >= 15 is 0 Å². The van der Waals surface area contributed by atoms with Crippen molar-refractivity contribution in [3.63, 3.8) is 0 Å². The molecule has 1 heterocycles. The fourth-order valence-electron chi connectivity index (χ4n) is 5.12. The second-order valence-corrected chi connectivity index (χ2v) is 11.6. The number of esters is 1. The highest BCUT2D eigenvalue weighted by Gasteiger charge is 2.53. The maximum Gasteiger partial charge on any atom is 0.329 e. The van der Waals surface area contributed by atoms with Crippen LogP contribution < -0.4 is 5.73 Å². The average molecular weight is 533 g/mol. The van der Waals surface area contributed by atoms with Gasteiger partial charge in [0.25, 0.3) is 0 Å². The molecule has 8 heteroatoms. The van der Waals surface area contributed by atoms with Crippen LogP contribution in [0, 0.1) is 5.41 Å². The van der Waals surface area contributed by atoms with Crippen LogP contribution >= 0.6 is 23.2 Å². The number of primary amides is 1. The Kier molecular flexibility index (Phi) is 8.41. The first-order valence-electron chi connectivity index (χ1n) is 12.1. The minimum absolute atomic E-state index is 0.141. The van der Waals surface area contributed by atoms with Crippen molar-refractivity contribution < 1.29 is 19.1 Å². The summed E-state index contributed by atoms with van der Waals surface area (Å²) in [5, 5.41) is 1.12. The topological polar surface area (TPSA) is 89.7 Å². The quantitative estimate of drug-likeness (QED) is 0.439. The number of halogens is 2. The van der Waals surface area contributed by atoms with Gasteiger partial charge in [0, 0.05) is 22.4 Å². The van der Waals surface area contributed by atoms with Gasteiger partial charge in [-0.05, 0) is 69.0 Å². The van der Waals surface area contributed by atoms with E-state index in [-0.39, 0.29) is 18.2 Å². The minimum Gasteiger partial charge on any atom is -0.458 e. The van der Waals surface area contributed by atoms with Crippen LogP contribution in [0.15, 0.2) is 48.5 Å². The van der Waals surface area contributed by atoms with Crippen LogP contribution in [0.5, 0.6) is 0 Å². The number of hydrogen-bond acceptors (Lipinski definition) is 4. The zero-order valence-corrected chi connectivity index (χ0v) is 22.9. The van der Waals surface area contributed by atoms with Gasteiger partial charge in [0.05, 0.1) is 11.5 Å². The third kappa shape index (κ3) is 6.22. The number of piperidine rings is 1. The first-order valence-corrected chi connectivity index (χ1v) is 12.9. The van der Waals surface area contributed by atoms with Crippen LogP contribution in [0.3, 0.4) is 0 Å². The second kappa shape index (κ2) is 10.8. The number of carbonyl (C=O) groups is 3. The molecule has 0 radical (unpaired) electrons. The minimum atomic E-state index is -1.11. The zero-order valence-electron chi connectivity index (χ0n) is 21.4. The number of carbonyl (C=O) groups excluding carboxylic acids is 3. The summed E-state index contributed by atoms with van der Waals surface area (Å²) >= 11 is 12.5. The number of benzene rings is 2. The highest BCUT2D eigenvalue weighted by atomic mass is 35.5. The summed E-state index contributed by atoms with van der Waals surface area (Å²) in [4.78, 5) is 41.4. The van der Waals surface area contributed by atoms with Crippen molar-refractivity contribution in [2.45, 2.75) is 77.5 Å². The number of amides is 2. The van der Waals surface area contributed by atoms with E-state index in [2.05, 4.69) is 0 Å². The number of rotatable bonds is 7. The zero-order chi connectivity index (χ0) is 26.8. The third-order valence-corrected chi connectivity index (χ3v) is 7.04. The lowest BCUT2D eigenvalue weighted by atomic mass is 9.67. The summed E-state index contributed by atoms with van der Waals surface area (Å²) in [6.07, 6.45) is 0.542. The van der Waals surface area contributed by atoms with Crippen LogP contribution in [0.1, 0.15) is 77.0 Å². The number of nitrogens with two attached hydrogens (primary N) is 1. The van der Waals surface area contributed by atoms with Gasteiger partial charge < -0.3 is 15.4 Å². The van der Waals surface area contributed by atoms with Crippen LogP contribution in [-0.4, -0.2) is 34.3 Å². The Labute approximate surface area is 223 Å². The fourth-order valence-corrected chi connectivity index (χ4v) is 5.45. The van der Waals surface area contributed by atoms with E-state index in [1.165, 1.54) is 0 Å². The molecule has 2 aromatic rings. The molecule has 36 heavy (non-hydrogen) atoms. The summed E-state index contributed by atoms with van der Waals surface area (Å²) in [6, 6.07) is 13.3. The predicted molar refractivity (Wildman–Crippen MR) is 142 cm³/mol. The molecule has 1 saturated heterocycles. The molecule has 0 aliphatic carbocycles. The fraction of sp³-hybridized carbons (Fsp3) is 0.464. The molecule has 1 fully saturated rings. The second-order valence-electron chi connectivity index (χ2n) is 10.7. The van der Waals surface area contributed by atoms with E-state index in [0.717, 1.165) is 11.1 Å². The molecule has 4 atom stereocenters. The molecule has 3 rings (SSSR count). The molecular weight excluding hydrogens is 499 g/mol. The molecule has 0 bridgehead atoms. The molecule has 0 spiro atoms. The van der Waals surface area contributed by atoms with Gasteiger partial charge in [-0.1, -0.05) is 61.3 Å². The van der Waals surface area contributed by atoms with Crippen molar-refractivity contribution in [3.05, 3.63) is 69.7 Å². The summed E-state index contributed by atoms with van der Waals surface area (Å²) in [7, 11) is 0. The Hall–Kier alpha value is -2.57. The van der Waals surface area contributed by atoms with E-state index in [4.69, 9.17) is 33.7 Å². The van der Waals surface area contributed by atoms with E-state index in [1.54, 1.807) is 50.8 Å². The van der Waals surface area contributed by atoms with Gasteiger partial charge in [0.15, 0.2) is 0 Å².